The lowest BCUT2D eigenvalue weighted by Crippen LogP contribution is -2.35. The zero-order valence-electron chi connectivity index (χ0n) is 11.4. The third-order valence-electron chi connectivity index (χ3n) is 3.66. The van der Waals surface area contributed by atoms with Crippen LogP contribution in [0.5, 0.6) is 11.5 Å². The van der Waals surface area contributed by atoms with Gasteiger partial charge in [0.05, 0.1) is 13.2 Å². The summed E-state index contributed by atoms with van der Waals surface area (Å²) in [7, 11) is 0. The van der Waals surface area contributed by atoms with E-state index in [-0.39, 0.29) is 5.54 Å². The van der Waals surface area contributed by atoms with E-state index in [2.05, 4.69) is 6.07 Å². The molecule has 1 aromatic rings. The normalized spacial score (nSPS) is 16.3. The summed E-state index contributed by atoms with van der Waals surface area (Å²) in [4.78, 5) is 0. The van der Waals surface area contributed by atoms with Crippen LogP contribution in [0.4, 0.5) is 0 Å². The lowest BCUT2D eigenvalue weighted by Gasteiger charge is -2.22. The van der Waals surface area contributed by atoms with Crippen molar-refractivity contribution in [3.05, 3.63) is 22.3 Å². The first kappa shape index (κ1) is 12.3. The van der Waals surface area contributed by atoms with Gasteiger partial charge < -0.3 is 15.2 Å². The molecule has 0 unspecified atom stereocenters. The van der Waals surface area contributed by atoms with Crippen LogP contribution in [0.1, 0.15) is 36.1 Å². The fraction of sp³-hybridized carbons (Fsp3) is 0.533. The molecule has 2 aliphatic heterocycles. The molecule has 0 atom stereocenters. The molecule has 4 heteroatoms. The molecule has 4 nitrogen and oxygen atoms in total. The predicted molar refractivity (Wildman–Crippen MR) is 71.5 cm³/mol. The van der Waals surface area contributed by atoms with Gasteiger partial charge in [-0.15, -0.1) is 0 Å². The first-order chi connectivity index (χ1) is 9.01. The van der Waals surface area contributed by atoms with E-state index < -0.39 is 0 Å². The number of nitrogens with two attached hydrogens (primary N) is 1. The van der Waals surface area contributed by atoms with Gasteiger partial charge in [-0.05, 0) is 20.3 Å². The number of nitriles is 1. The Balaban J connectivity index is 2.23. The molecule has 1 aromatic carbocycles. The number of hydrogen-bond donors (Lipinski definition) is 1. The maximum atomic E-state index is 9.38. The van der Waals surface area contributed by atoms with Crippen molar-refractivity contribution in [1.82, 2.24) is 0 Å². The van der Waals surface area contributed by atoms with E-state index in [9.17, 15) is 5.26 Å². The summed E-state index contributed by atoms with van der Waals surface area (Å²) in [5.74, 6) is 1.66. The maximum absolute atomic E-state index is 9.38. The molecule has 0 spiro atoms. The van der Waals surface area contributed by atoms with Crippen LogP contribution in [0, 0.1) is 11.3 Å². The quantitative estimate of drug-likeness (QED) is 0.876. The molecule has 0 aromatic heterocycles. The zero-order chi connectivity index (χ0) is 13.6. The van der Waals surface area contributed by atoms with Crippen molar-refractivity contribution in [1.29, 1.82) is 5.26 Å². The van der Waals surface area contributed by atoms with Gasteiger partial charge >= 0.3 is 0 Å². The number of benzene rings is 1. The largest absolute Gasteiger partial charge is 0.493 e. The Kier molecular flexibility index (Phi) is 2.68. The average Bonchev–Trinajstić information content (AvgIpc) is 2.94. The van der Waals surface area contributed by atoms with Crippen molar-refractivity contribution in [2.45, 2.75) is 38.6 Å². The minimum Gasteiger partial charge on any atom is -0.493 e. The molecule has 0 amide bonds. The summed E-state index contributed by atoms with van der Waals surface area (Å²) >= 11 is 0. The Morgan fingerprint density at radius 1 is 1.16 bits per heavy atom. The predicted octanol–water partition coefficient (Wildman–Crippen LogP) is 1.71. The molecule has 19 heavy (non-hydrogen) atoms. The van der Waals surface area contributed by atoms with Crippen LogP contribution in [0.25, 0.3) is 0 Å². The van der Waals surface area contributed by atoms with Crippen LogP contribution in [0.2, 0.25) is 0 Å². The summed E-state index contributed by atoms with van der Waals surface area (Å²) in [6, 6.07) is 2.28. The van der Waals surface area contributed by atoms with Gasteiger partial charge in [-0.25, -0.2) is 0 Å². The van der Waals surface area contributed by atoms with Crippen LogP contribution in [-0.2, 0) is 19.3 Å². The molecule has 0 fully saturated rings. The van der Waals surface area contributed by atoms with E-state index in [1.807, 2.05) is 13.8 Å². The summed E-state index contributed by atoms with van der Waals surface area (Å²) < 4.78 is 11.5. The number of ether oxygens (including phenoxy) is 2. The topological polar surface area (TPSA) is 68.3 Å². The van der Waals surface area contributed by atoms with Crippen molar-refractivity contribution in [2.24, 2.45) is 5.73 Å². The van der Waals surface area contributed by atoms with E-state index in [1.165, 1.54) is 0 Å². The molecule has 0 radical (unpaired) electrons. The monoisotopic (exact) mass is 258 g/mol. The van der Waals surface area contributed by atoms with Gasteiger partial charge in [0.1, 0.15) is 23.1 Å². The van der Waals surface area contributed by atoms with E-state index in [0.717, 1.165) is 47.5 Å². The molecule has 0 saturated heterocycles. The summed E-state index contributed by atoms with van der Waals surface area (Å²) in [5, 5.41) is 9.38. The van der Waals surface area contributed by atoms with Gasteiger partial charge in [-0.3, -0.25) is 0 Å². The van der Waals surface area contributed by atoms with E-state index in [0.29, 0.717) is 18.8 Å². The first-order valence-electron chi connectivity index (χ1n) is 6.66. The molecule has 2 heterocycles. The second-order valence-corrected chi connectivity index (χ2v) is 5.94. The smallest absolute Gasteiger partial charge is 0.141 e. The molecule has 100 valence electrons. The Morgan fingerprint density at radius 2 is 1.79 bits per heavy atom. The molecule has 0 aliphatic carbocycles. The molecule has 2 aliphatic rings. The van der Waals surface area contributed by atoms with Crippen molar-refractivity contribution in [3.8, 4) is 17.6 Å². The molecule has 2 N–H and O–H groups in total. The van der Waals surface area contributed by atoms with E-state index >= 15 is 0 Å². The summed E-state index contributed by atoms with van der Waals surface area (Å²) in [5.41, 5.74) is 9.80. The Labute approximate surface area is 113 Å². The number of fused-ring (bicyclic) bond motifs is 2. The van der Waals surface area contributed by atoms with Gasteiger partial charge in [0.15, 0.2) is 0 Å². The van der Waals surface area contributed by atoms with Crippen LogP contribution in [-0.4, -0.2) is 18.8 Å². The van der Waals surface area contributed by atoms with Crippen LogP contribution < -0.4 is 15.2 Å². The van der Waals surface area contributed by atoms with Crippen LogP contribution >= 0.6 is 0 Å². The Hall–Kier alpha value is -1.73. The average molecular weight is 258 g/mol. The molecular weight excluding hydrogens is 240 g/mol. The number of rotatable bonds is 2. The third-order valence-corrected chi connectivity index (χ3v) is 3.66. The lowest BCUT2D eigenvalue weighted by molar-refractivity contribution is 0.349. The van der Waals surface area contributed by atoms with Crippen LogP contribution in [0.3, 0.4) is 0 Å². The fourth-order valence-electron chi connectivity index (χ4n) is 2.97. The fourth-order valence-corrected chi connectivity index (χ4v) is 2.97. The third kappa shape index (κ3) is 1.95. The van der Waals surface area contributed by atoms with Crippen molar-refractivity contribution < 1.29 is 9.47 Å². The van der Waals surface area contributed by atoms with Gasteiger partial charge in [-0.2, -0.15) is 5.26 Å². The molecule has 0 bridgehead atoms. The highest BCUT2D eigenvalue weighted by Crippen LogP contribution is 2.45. The zero-order valence-corrected chi connectivity index (χ0v) is 11.4. The van der Waals surface area contributed by atoms with E-state index in [4.69, 9.17) is 15.2 Å². The van der Waals surface area contributed by atoms with Crippen molar-refractivity contribution >= 4 is 0 Å². The Morgan fingerprint density at radius 3 is 2.42 bits per heavy atom. The highest BCUT2D eigenvalue weighted by Gasteiger charge is 2.32. The minimum absolute atomic E-state index is 0.301. The van der Waals surface area contributed by atoms with Crippen molar-refractivity contribution in [2.75, 3.05) is 13.2 Å². The number of hydrogen-bond acceptors (Lipinski definition) is 4. The lowest BCUT2D eigenvalue weighted by atomic mass is 9.87. The highest BCUT2D eigenvalue weighted by atomic mass is 16.5. The van der Waals surface area contributed by atoms with Crippen molar-refractivity contribution in [3.63, 3.8) is 0 Å². The SMILES string of the molecule is CC(C)(N)Cc1c2c(c(C#N)c3c1OCC3)OCC2. The highest BCUT2D eigenvalue weighted by molar-refractivity contribution is 5.66. The summed E-state index contributed by atoms with van der Waals surface area (Å²) in [6.45, 7) is 5.30. The molecular formula is C15H18N2O2. The van der Waals surface area contributed by atoms with Crippen LogP contribution in [0.15, 0.2) is 0 Å². The van der Waals surface area contributed by atoms with E-state index in [1.54, 1.807) is 0 Å². The number of nitrogens with zero attached hydrogens (tertiary/aromatic N) is 1. The second-order valence-electron chi connectivity index (χ2n) is 5.94. The van der Waals surface area contributed by atoms with Gasteiger partial charge in [0, 0.05) is 35.1 Å². The molecule has 3 rings (SSSR count). The van der Waals surface area contributed by atoms with Gasteiger partial charge in [-0.1, -0.05) is 0 Å². The first-order valence-corrected chi connectivity index (χ1v) is 6.66. The maximum Gasteiger partial charge on any atom is 0.141 e. The van der Waals surface area contributed by atoms with Gasteiger partial charge in [0.2, 0.25) is 0 Å². The minimum atomic E-state index is -0.301. The Bertz CT molecular complexity index is 544. The van der Waals surface area contributed by atoms with Gasteiger partial charge in [0.25, 0.3) is 0 Å². The molecule has 0 saturated carbocycles. The summed E-state index contributed by atoms with van der Waals surface area (Å²) in [6.07, 6.45) is 2.37. The second kappa shape index (κ2) is 4.14. The standard InChI is InChI=1S/C15H18N2O2/c1-15(2,17)7-11-9-3-5-19-14(9)12(8-16)10-4-6-18-13(10)11/h3-7,17H2,1-2H3.